The van der Waals surface area contributed by atoms with Crippen molar-refractivity contribution >= 4 is 5.97 Å². The van der Waals surface area contributed by atoms with Crippen LogP contribution >= 0.6 is 0 Å². The molecule has 0 aliphatic rings. The molecule has 0 spiro atoms. The van der Waals surface area contributed by atoms with Crippen LogP contribution in [0.5, 0.6) is 0 Å². The van der Waals surface area contributed by atoms with Gasteiger partial charge >= 0.3 is 5.97 Å². The molecule has 228 valence electrons. The molecule has 0 bridgehead atoms. The van der Waals surface area contributed by atoms with Gasteiger partial charge in [0.2, 0.25) is 0 Å². The SMILES string of the molecule is CCCCCCCCCCCCCCC(CCCCCCCCCCCC)CC(=O)OCCOCCCC. The molecule has 0 saturated carbocycles. The van der Waals surface area contributed by atoms with Gasteiger partial charge in [0.1, 0.15) is 6.61 Å². The lowest BCUT2D eigenvalue weighted by atomic mass is 9.91. The average molecular weight is 539 g/mol. The van der Waals surface area contributed by atoms with Crippen molar-refractivity contribution in [2.24, 2.45) is 5.92 Å². The lowest BCUT2D eigenvalue weighted by molar-refractivity contribution is -0.146. The topological polar surface area (TPSA) is 35.5 Å². The van der Waals surface area contributed by atoms with Crippen molar-refractivity contribution in [2.45, 2.75) is 194 Å². The molecular weight excluding hydrogens is 468 g/mol. The summed E-state index contributed by atoms with van der Waals surface area (Å²) in [5.74, 6) is 0.487. The van der Waals surface area contributed by atoms with Crippen molar-refractivity contribution in [1.82, 2.24) is 0 Å². The Kier molecular flexibility index (Phi) is 32.2. The van der Waals surface area contributed by atoms with Gasteiger partial charge in [-0.15, -0.1) is 0 Å². The molecule has 0 N–H and O–H groups in total. The Balaban J connectivity index is 4.00. The van der Waals surface area contributed by atoms with Crippen LogP contribution in [0.2, 0.25) is 0 Å². The second-order valence-electron chi connectivity index (χ2n) is 11.9. The summed E-state index contributed by atoms with van der Waals surface area (Å²) in [6, 6.07) is 0. The Morgan fingerprint density at radius 3 is 1.21 bits per heavy atom. The highest BCUT2D eigenvalue weighted by molar-refractivity contribution is 5.69. The van der Waals surface area contributed by atoms with Crippen molar-refractivity contribution in [3.05, 3.63) is 0 Å². The Morgan fingerprint density at radius 1 is 0.447 bits per heavy atom. The molecule has 0 amide bonds. The Bertz CT molecular complexity index is 450. The zero-order chi connectivity index (χ0) is 27.8. The Labute approximate surface area is 240 Å². The molecule has 1 atom stereocenters. The zero-order valence-electron chi connectivity index (χ0n) is 26.5. The number of carbonyl (C=O) groups is 1. The normalized spacial score (nSPS) is 12.2. The van der Waals surface area contributed by atoms with Gasteiger partial charge in [-0.25, -0.2) is 0 Å². The van der Waals surface area contributed by atoms with E-state index in [0.717, 1.165) is 19.4 Å². The number of ether oxygens (including phenoxy) is 2. The third-order valence-electron chi connectivity index (χ3n) is 8.02. The number of hydrogen-bond acceptors (Lipinski definition) is 3. The third-order valence-corrected chi connectivity index (χ3v) is 8.02. The minimum Gasteiger partial charge on any atom is -0.463 e. The first-order chi connectivity index (χ1) is 18.7. The number of unbranched alkanes of at least 4 members (excludes halogenated alkanes) is 21. The van der Waals surface area contributed by atoms with Gasteiger partial charge in [0.15, 0.2) is 0 Å². The van der Waals surface area contributed by atoms with Crippen molar-refractivity contribution < 1.29 is 14.3 Å². The van der Waals surface area contributed by atoms with E-state index in [9.17, 15) is 4.79 Å². The predicted octanol–water partition coefficient (Wildman–Crippen LogP) is 11.8. The molecule has 0 aromatic carbocycles. The summed E-state index contributed by atoms with van der Waals surface area (Å²) in [5.41, 5.74) is 0. The highest BCUT2D eigenvalue weighted by Crippen LogP contribution is 2.23. The summed E-state index contributed by atoms with van der Waals surface area (Å²) in [6.45, 7) is 8.45. The summed E-state index contributed by atoms with van der Waals surface area (Å²) < 4.78 is 11.0. The van der Waals surface area contributed by atoms with Gasteiger partial charge in [0, 0.05) is 13.0 Å². The quantitative estimate of drug-likeness (QED) is 0.0631. The molecule has 1 unspecified atom stereocenters. The summed E-state index contributed by atoms with van der Waals surface area (Å²) in [7, 11) is 0. The summed E-state index contributed by atoms with van der Waals surface area (Å²) >= 11 is 0. The van der Waals surface area contributed by atoms with Crippen LogP contribution in [0.3, 0.4) is 0 Å². The summed E-state index contributed by atoms with van der Waals surface area (Å²) in [4.78, 5) is 12.5. The molecule has 38 heavy (non-hydrogen) atoms. The smallest absolute Gasteiger partial charge is 0.306 e. The van der Waals surface area contributed by atoms with Crippen LogP contribution in [0.25, 0.3) is 0 Å². The second kappa shape index (κ2) is 32.6. The van der Waals surface area contributed by atoms with E-state index in [2.05, 4.69) is 20.8 Å². The monoisotopic (exact) mass is 539 g/mol. The summed E-state index contributed by atoms with van der Waals surface area (Å²) in [6.07, 6.45) is 35.6. The molecule has 0 fully saturated rings. The van der Waals surface area contributed by atoms with Gasteiger partial charge in [0.25, 0.3) is 0 Å². The lowest BCUT2D eigenvalue weighted by Gasteiger charge is -2.16. The van der Waals surface area contributed by atoms with Crippen LogP contribution in [0.15, 0.2) is 0 Å². The molecule has 3 heteroatoms. The van der Waals surface area contributed by atoms with Crippen LogP contribution in [-0.2, 0) is 14.3 Å². The highest BCUT2D eigenvalue weighted by Gasteiger charge is 2.15. The summed E-state index contributed by atoms with van der Waals surface area (Å²) in [5, 5.41) is 0. The van der Waals surface area contributed by atoms with Gasteiger partial charge in [-0.2, -0.15) is 0 Å². The third kappa shape index (κ3) is 30.0. The van der Waals surface area contributed by atoms with Gasteiger partial charge in [-0.1, -0.05) is 168 Å². The van der Waals surface area contributed by atoms with E-state index in [4.69, 9.17) is 9.47 Å². The molecule has 0 aliphatic carbocycles. The van der Waals surface area contributed by atoms with Crippen LogP contribution in [0.1, 0.15) is 194 Å². The molecule has 0 rings (SSSR count). The fourth-order valence-corrected chi connectivity index (χ4v) is 5.40. The highest BCUT2D eigenvalue weighted by atomic mass is 16.6. The van der Waals surface area contributed by atoms with E-state index in [1.54, 1.807) is 0 Å². The Hall–Kier alpha value is -0.570. The average Bonchev–Trinajstić information content (AvgIpc) is 2.92. The molecule has 3 nitrogen and oxygen atoms in total. The minimum absolute atomic E-state index is 0.0138. The van der Waals surface area contributed by atoms with Crippen LogP contribution in [0, 0.1) is 5.92 Å². The molecule has 0 aliphatic heterocycles. The molecule has 0 heterocycles. The van der Waals surface area contributed by atoms with Crippen LogP contribution < -0.4 is 0 Å². The van der Waals surface area contributed by atoms with Crippen LogP contribution in [0.4, 0.5) is 0 Å². The van der Waals surface area contributed by atoms with E-state index < -0.39 is 0 Å². The second-order valence-corrected chi connectivity index (χ2v) is 11.9. The molecule has 0 saturated heterocycles. The van der Waals surface area contributed by atoms with Crippen molar-refractivity contribution in [3.63, 3.8) is 0 Å². The molecule has 0 radical (unpaired) electrons. The Morgan fingerprint density at radius 2 is 0.816 bits per heavy atom. The van der Waals surface area contributed by atoms with Crippen molar-refractivity contribution in [2.75, 3.05) is 19.8 Å². The van der Waals surface area contributed by atoms with E-state index in [-0.39, 0.29) is 5.97 Å². The van der Waals surface area contributed by atoms with Gasteiger partial charge in [-0.05, 0) is 25.2 Å². The first kappa shape index (κ1) is 37.4. The van der Waals surface area contributed by atoms with E-state index >= 15 is 0 Å². The maximum Gasteiger partial charge on any atom is 0.306 e. The zero-order valence-corrected chi connectivity index (χ0v) is 26.5. The number of hydrogen-bond donors (Lipinski definition) is 0. The first-order valence-electron chi connectivity index (χ1n) is 17.5. The maximum atomic E-state index is 12.5. The largest absolute Gasteiger partial charge is 0.463 e. The molecular formula is C35H70O3. The standard InChI is InChI=1S/C35H70O3/c1-4-7-10-12-14-16-18-19-21-23-25-27-29-34(33-35(36)38-32-31-37-30-9-6-3)28-26-24-22-20-17-15-13-11-8-5-2/h34H,4-33H2,1-3H3. The number of esters is 1. The van der Waals surface area contributed by atoms with Gasteiger partial charge in [0.05, 0.1) is 6.61 Å². The fourth-order valence-electron chi connectivity index (χ4n) is 5.40. The van der Waals surface area contributed by atoms with Crippen molar-refractivity contribution in [3.8, 4) is 0 Å². The number of carbonyl (C=O) groups excluding carboxylic acids is 1. The van der Waals surface area contributed by atoms with E-state index in [1.165, 1.54) is 154 Å². The predicted molar refractivity (Wildman–Crippen MR) is 167 cm³/mol. The first-order valence-corrected chi connectivity index (χ1v) is 17.5. The van der Waals surface area contributed by atoms with Crippen molar-refractivity contribution in [1.29, 1.82) is 0 Å². The minimum atomic E-state index is -0.0138. The van der Waals surface area contributed by atoms with E-state index in [0.29, 0.717) is 25.6 Å². The maximum absolute atomic E-state index is 12.5. The van der Waals surface area contributed by atoms with Gasteiger partial charge < -0.3 is 9.47 Å². The van der Waals surface area contributed by atoms with E-state index in [1.807, 2.05) is 0 Å². The lowest BCUT2D eigenvalue weighted by Crippen LogP contribution is -2.15. The fraction of sp³-hybridized carbons (Fsp3) is 0.971. The molecule has 0 aromatic rings. The van der Waals surface area contributed by atoms with Crippen LogP contribution in [-0.4, -0.2) is 25.8 Å². The number of rotatable bonds is 32. The molecule has 0 aromatic heterocycles. The van der Waals surface area contributed by atoms with Gasteiger partial charge in [-0.3, -0.25) is 4.79 Å².